The maximum absolute atomic E-state index is 12.9. The number of likely N-dealkylation sites (tertiary alicyclic amines) is 1. The molecule has 3 rings (SSSR count). The van der Waals surface area contributed by atoms with Crippen LogP contribution >= 0.6 is 0 Å². The van der Waals surface area contributed by atoms with Gasteiger partial charge in [0.25, 0.3) is 5.91 Å². The van der Waals surface area contributed by atoms with E-state index in [1.807, 2.05) is 13.0 Å². The van der Waals surface area contributed by atoms with Crippen molar-refractivity contribution < 1.29 is 19.4 Å². The Labute approximate surface area is 140 Å². The van der Waals surface area contributed by atoms with Gasteiger partial charge >= 0.3 is 5.97 Å². The molecule has 24 heavy (non-hydrogen) atoms. The summed E-state index contributed by atoms with van der Waals surface area (Å²) in [6, 6.07) is 6.28. The number of amides is 1. The molecule has 1 N–H and O–H groups in total. The van der Waals surface area contributed by atoms with Gasteiger partial charge in [0.05, 0.1) is 6.61 Å². The van der Waals surface area contributed by atoms with Gasteiger partial charge in [-0.25, -0.2) is 4.79 Å². The molecule has 1 aliphatic heterocycles. The number of carbonyl (C=O) groups is 2. The van der Waals surface area contributed by atoms with Gasteiger partial charge in [0.1, 0.15) is 17.3 Å². The van der Waals surface area contributed by atoms with Crippen molar-refractivity contribution in [3.8, 4) is 5.75 Å². The maximum Gasteiger partial charge on any atom is 0.326 e. The first-order valence-corrected chi connectivity index (χ1v) is 8.17. The number of aromatic nitrogens is 1. The molecule has 0 saturated carbocycles. The molecule has 1 saturated heterocycles. The van der Waals surface area contributed by atoms with Gasteiger partial charge in [-0.2, -0.15) is 0 Å². The molecule has 0 bridgehead atoms. The third kappa shape index (κ3) is 2.91. The van der Waals surface area contributed by atoms with E-state index in [9.17, 15) is 14.7 Å². The number of aliphatic carboxylic acids is 1. The van der Waals surface area contributed by atoms with E-state index in [0.717, 1.165) is 6.42 Å². The third-order valence-corrected chi connectivity index (χ3v) is 4.22. The number of hydrogen-bond donors (Lipinski definition) is 1. The molecule has 126 valence electrons. The van der Waals surface area contributed by atoms with Gasteiger partial charge in [0.2, 0.25) is 0 Å². The number of pyridine rings is 1. The lowest BCUT2D eigenvalue weighted by Gasteiger charge is -2.22. The molecule has 6 heteroatoms. The molecule has 1 amide bonds. The molecule has 1 atom stereocenters. The second kappa shape index (κ2) is 6.86. The predicted molar refractivity (Wildman–Crippen MR) is 89.2 cm³/mol. The summed E-state index contributed by atoms with van der Waals surface area (Å²) in [7, 11) is 0. The summed E-state index contributed by atoms with van der Waals surface area (Å²) in [4.78, 5) is 30.0. The fourth-order valence-corrected chi connectivity index (χ4v) is 3.08. The van der Waals surface area contributed by atoms with E-state index in [1.165, 1.54) is 4.90 Å². The highest BCUT2D eigenvalue weighted by Gasteiger charge is 2.35. The summed E-state index contributed by atoms with van der Waals surface area (Å²) < 4.78 is 5.71. The molecule has 1 unspecified atom stereocenters. The van der Waals surface area contributed by atoms with E-state index in [-0.39, 0.29) is 5.91 Å². The van der Waals surface area contributed by atoms with Gasteiger partial charge in [-0.3, -0.25) is 9.78 Å². The Bertz CT molecular complexity index is 775. The van der Waals surface area contributed by atoms with E-state index in [4.69, 9.17) is 4.74 Å². The Morgan fingerprint density at radius 1 is 1.38 bits per heavy atom. The zero-order valence-electron chi connectivity index (χ0n) is 13.6. The summed E-state index contributed by atoms with van der Waals surface area (Å²) in [5, 5.41) is 9.99. The van der Waals surface area contributed by atoms with Crippen LogP contribution in [0.25, 0.3) is 10.9 Å². The van der Waals surface area contributed by atoms with E-state index < -0.39 is 12.0 Å². The molecule has 6 nitrogen and oxygen atoms in total. The fraction of sp³-hybridized carbons (Fsp3) is 0.389. The molecule has 0 aliphatic carbocycles. The van der Waals surface area contributed by atoms with E-state index in [2.05, 4.69) is 4.98 Å². The highest BCUT2D eigenvalue weighted by Crippen LogP contribution is 2.29. The summed E-state index contributed by atoms with van der Waals surface area (Å²) >= 11 is 0. The van der Waals surface area contributed by atoms with Gasteiger partial charge in [0.15, 0.2) is 0 Å². The monoisotopic (exact) mass is 328 g/mol. The highest BCUT2D eigenvalue weighted by atomic mass is 16.5. The van der Waals surface area contributed by atoms with Crippen LogP contribution in [0.5, 0.6) is 5.75 Å². The molecular weight excluding hydrogens is 308 g/mol. The Morgan fingerprint density at radius 3 is 2.96 bits per heavy atom. The zero-order chi connectivity index (χ0) is 17.1. The van der Waals surface area contributed by atoms with Crippen molar-refractivity contribution in [1.82, 2.24) is 9.88 Å². The number of fused-ring (bicyclic) bond motifs is 1. The van der Waals surface area contributed by atoms with Crippen LogP contribution in [0.1, 0.15) is 36.5 Å². The van der Waals surface area contributed by atoms with Crippen LogP contribution in [0.15, 0.2) is 30.5 Å². The average molecular weight is 328 g/mol. The van der Waals surface area contributed by atoms with Crippen molar-refractivity contribution in [3.05, 3.63) is 36.0 Å². The van der Waals surface area contributed by atoms with E-state index in [0.29, 0.717) is 48.2 Å². The van der Waals surface area contributed by atoms with Crippen LogP contribution in [0, 0.1) is 0 Å². The van der Waals surface area contributed by atoms with Crippen molar-refractivity contribution in [2.45, 2.75) is 32.2 Å². The van der Waals surface area contributed by atoms with Crippen molar-refractivity contribution in [2.75, 3.05) is 13.2 Å². The van der Waals surface area contributed by atoms with Crippen LogP contribution in [-0.2, 0) is 4.79 Å². The molecule has 0 spiro atoms. The first-order chi connectivity index (χ1) is 11.6. The molecule has 1 aromatic heterocycles. The first kappa shape index (κ1) is 16.2. The molecule has 2 aromatic rings. The number of carbonyl (C=O) groups excluding carboxylic acids is 1. The normalized spacial score (nSPS) is 17.2. The van der Waals surface area contributed by atoms with Gasteiger partial charge in [-0.1, -0.05) is 13.0 Å². The number of nitrogens with zero attached hydrogens (tertiary/aromatic N) is 2. The van der Waals surface area contributed by atoms with Gasteiger partial charge in [-0.05, 0) is 37.5 Å². The van der Waals surface area contributed by atoms with Crippen LogP contribution in [0.2, 0.25) is 0 Å². The minimum atomic E-state index is -0.953. The maximum atomic E-state index is 12.9. The Hall–Kier alpha value is -2.63. The van der Waals surface area contributed by atoms with Gasteiger partial charge < -0.3 is 14.7 Å². The predicted octanol–water partition coefficient (Wildman–Crippen LogP) is 2.71. The average Bonchev–Trinajstić information content (AvgIpc) is 3.09. The lowest BCUT2D eigenvalue weighted by molar-refractivity contribution is -0.141. The molecular formula is C18H20N2O4. The van der Waals surface area contributed by atoms with Crippen molar-refractivity contribution in [3.63, 3.8) is 0 Å². The summed E-state index contributed by atoms with van der Waals surface area (Å²) in [5.74, 6) is -0.577. The molecule has 1 aliphatic rings. The largest absolute Gasteiger partial charge is 0.491 e. The zero-order valence-corrected chi connectivity index (χ0v) is 13.6. The summed E-state index contributed by atoms with van der Waals surface area (Å²) in [6.07, 6.45) is 3.74. The van der Waals surface area contributed by atoms with Crippen LogP contribution < -0.4 is 4.74 Å². The third-order valence-electron chi connectivity index (χ3n) is 4.22. The van der Waals surface area contributed by atoms with Crippen molar-refractivity contribution in [1.29, 1.82) is 0 Å². The molecule has 1 fully saturated rings. The van der Waals surface area contributed by atoms with Gasteiger partial charge in [-0.15, -0.1) is 0 Å². The van der Waals surface area contributed by atoms with Crippen LogP contribution in [0.4, 0.5) is 0 Å². The van der Waals surface area contributed by atoms with E-state index in [1.54, 1.807) is 24.4 Å². The number of rotatable bonds is 5. The van der Waals surface area contributed by atoms with Crippen molar-refractivity contribution >= 4 is 22.8 Å². The van der Waals surface area contributed by atoms with E-state index >= 15 is 0 Å². The topological polar surface area (TPSA) is 79.7 Å². The second-order valence-electron chi connectivity index (χ2n) is 5.85. The van der Waals surface area contributed by atoms with Crippen molar-refractivity contribution in [2.24, 2.45) is 0 Å². The van der Waals surface area contributed by atoms with Crippen LogP contribution in [-0.4, -0.2) is 46.1 Å². The molecule has 0 radical (unpaired) electrons. The number of benzene rings is 1. The first-order valence-electron chi connectivity index (χ1n) is 8.17. The Kier molecular flexibility index (Phi) is 4.64. The Morgan fingerprint density at radius 2 is 2.21 bits per heavy atom. The lowest BCUT2D eigenvalue weighted by Crippen LogP contribution is -2.40. The number of carboxylic acids is 1. The number of ether oxygens (including phenoxy) is 1. The molecule has 1 aromatic carbocycles. The second-order valence-corrected chi connectivity index (χ2v) is 5.85. The highest BCUT2D eigenvalue weighted by molar-refractivity contribution is 6.08. The smallest absolute Gasteiger partial charge is 0.326 e. The standard InChI is InChI=1S/C18H20N2O4/c1-2-11-24-15-8-7-13(12-5-3-9-19-16(12)15)17(21)20-10-4-6-14(20)18(22)23/h3,5,7-9,14H,2,4,6,10-11H2,1H3,(H,22,23). The SMILES string of the molecule is CCCOc1ccc(C(=O)N2CCCC2C(=O)O)c2cccnc12. The molecule has 2 heterocycles. The number of hydrogen-bond acceptors (Lipinski definition) is 4. The lowest BCUT2D eigenvalue weighted by atomic mass is 10.1. The summed E-state index contributed by atoms with van der Waals surface area (Å²) in [6.45, 7) is 3.06. The minimum Gasteiger partial charge on any atom is -0.491 e. The fourth-order valence-electron chi connectivity index (χ4n) is 3.08. The number of carboxylic acid groups (broad SMARTS) is 1. The minimum absolute atomic E-state index is 0.264. The van der Waals surface area contributed by atoms with Gasteiger partial charge in [0, 0.05) is 23.7 Å². The van der Waals surface area contributed by atoms with Crippen LogP contribution in [0.3, 0.4) is 0 Å². The summed E-state index contributed by atoms with van der Waals surface area (Å²) in [5.41, 5.74) is 1.10. The quantitative estimate of drug-likeness (QED) is 0.913. The Balaban J connectivity index is 2.01.